The molecule has 0 aliphatic rings. The largest absolute Gasteiger partial charge is 0.395 e. The van der Waals surface area contributed by atoms with Crippen LogP contribution in [0.1, 0.15) is 88.5 Å². The predicted molar refractivity (Wildman–Crippen MR) is 145 cm³/mol. The van der Waals surface area contributed by atoms with E-state index in [0.29, 0.717) is 0 Å². The van der Waals surface area contributed by atoms with Gasteiger partial charge in [-0.15, -0.1) is 0 Å². The first-order valence-corrected chi connectivity index (χ1v) is 12.0. The second-order valence-corrected chi connectivity index (χ2v) is 8.90. The third-order valence-electron chi connectivity index (χ3n) is 4.59. The highest BCUT2D eigenvalue weighted by molar-refractivity contribution is 6.04. The van der Waals surface area contributed by atoms with Crippen molar-refractivity contribution in [3.8, 4) is 0 Å². The highest BCUT2D eigenvalue weighted by Crippen LogP contribution is 2.16. The second-order valence-electron chi connectivity index (χ2n) is 8.90. The quantitative estimate of drug-likeness (QED) is 0.312. The predicted octanol–water partition coefficient (Wildman–Crippen LogP) is 1.66. The van der Waals surface area contributed by atoms with E-state index < -0.39 is 17.8 Å². The Balaban J connectivity index is -0.000000141. The molecule has 0 amide bonds. The van der Waals surface area contributed by atoms with Crippen molar-refractivity contribution in [2.24, 2.45) is 17.8 Å². The van der Waals surface area contributed by atoms with Gasteiger partial charge < -0.3 is 9.90 Å². The minimum Gasteiger partial charge on any atom is -0.395 e. The molecule has 0 aliphatic heterocycles. The fourth-order valence-corrected chi connectivity index (χ4v) is 2.72. The number of aliphatic hydroxyl groups is 1. The first-order valence-electron chi connectivity index (χ1n) is 12.0. The Morgan fingerprint density at radius 2 is 0.600 bits per heavy atom. The molecule has 12 nitrogen and oxygen atoms in total. The van der Waals surface area contributed by atoms with E-state index in [4.69, 9.17) is 9.90 Å². The normalized spacial score (nSPS) is 9.15. The number of carbonyl (C=O) groups excluding carboxylic acids is 11. The van der Waals surface area contributed by atoms with Crippen molar-refractivity contribution in [3.05, 3.63) is 0 Å². The Morgan fingerprint density at radius 1 is 0.425 bits per heavy atom. The van der Waals surface area contributed by atoms with Gasteiger partial charge in [0, 0.05) is 0 Å². The number of hydrogen-bond acceptors (Lipinski definition) is 12. The third-order valence-corrected chi connectivity index (χ3v) is 4.59. The monoisotopic (exact) mass is 572 g/mol. The van der Waals surface area contributed by atoms with E-state index in [-0.39, 0.29) is 83.7 Å². The molecule has 1 N–H and O–H groups in total. The third kappa shape index (κ3) is 32.4. The van der Waals surface area contributed by atoms with Gasteiger partial charge in [-0.1, -0.05) is 0 Å². The number of ketones is 10. The summed E-state index contributed by atoms with van der Waals surface area (Å²) in [6, 6.07) is 0. The maximum absolute atomic E-state index is 11.1. The van der Waals surface area contributed by atoms with E-state index in [2.05, 4.69) is 0 Å². The molecule has 0 saturated carbocycles. The molecule has 228 valence electrons. The standard InChI is InChI=1S/C11H16O4.C6H10O3.2C5H8O2.CH2O/c1-6(12)10(7(2)13)5-11(8(3)14)9(4)15;1-4(8)6(3-7)5(2)9;2*1-4(6)3-5(2)7;1-2/h10-11H,5H2,1-4H3;6-7H,3H2,1-2H3;2*3H2,1-2H3;1H2. The Morgan fingerprint density at radius 3 is 0.650 bits per heavy atom. The Hall–Kier alpha value is -3.67. The van der Waals surface area contributed by atoms with Gasteiger partial charge in [0.05, 0.1) is 37.2 Å². The van der Waals surface area contributed by atoms with Crippen molar-refractivity contribution in [2.75, 3.05) is 6.61 Å². The Bertz CT molecular complexity index is 792. The van der Waals surface area contributed by atoms with E-state index in [9.17, 15) is 47.9 Å². The van der Waals surface area contributed by atoms with E-state index in [0.717, 1.165) is 0 Å². The molecule has 0 fully saturated rings. The maximum atomic E-state index is 11.1. The van der Waals surface area contributed by atoms with E-state index in [1.165, 1.54) is 69.2 Å². The van der Waals surface area contributed by atoms with Crippen molar-refractivity contribution >= 4 is 64.6 Å². The maximum Gasteiger partial charge on any atom is 0.142 e. The summed E-state index contributed by atoms with van der Waals surface area (Å²) in [4.78, 5) is 113. The van der Waals surface area contributed by atoms with Crippen molar-refractivity contribution in [2.45, 2.75) is 88.5 Å². The molecule has 0 aromatic carbocycles. The number of hydrogen-bond donors (Lipinski definition) is 1. The average Bonchev–Trinajstić information content (AvgIpc) is 2.73. The average molecular weight is 573 g/mol. The molecule has 0 aliphatic carbocycles. The molecule has 0 rings (SSSR count). The van der Waals surface area contributed by atoms with Gasteiger partial charge in [0.2, 0.25) is 0 Å². The summed E-state index contributed by atoms with van der Waals surface area (Å²) in [7, 11) is 0. The lowest BCUT2D eigenvalue weighted by Crippen LogP contribution is -2.29. The van der Waals surface area contributed by atoms with Crippen molar-refractivity contribution in [3.63, 3.8) is 0 Å². The molecule has 40 heavy (non-hydrogen) atoms. The summed E-state index contributed by atoms with van der Waals surface area (Å²) in [6.45, 7) is 15.0. The zero-order chi connectivity index (χ0) is 33.3. The van der Waals surface area contributed by atoms with Gasteiger partial charge in [0.25, 0.3) is 0 Å². The number of Topliss-reactive ketones (excluding diaryl/α,β-unsaturated/α-hetero) is 10. The van der Waals surface area contributed by atoms with Crippen LogP contribution in [-0.4, -0.2) is 76.3 Å². The first kappa shape index (κ1) is 46.2. The molecule has 0 heterocycles. The summed E-state index contributed by atoms with van der Waals surface area (Å²) >= 11 is 0. The van der Waals surface area contributed by atoms with Gasteiger partial charge in [0.1, 0.15) is 64.6 Å². The van der Waals surface area contributed by atoms with Crippen LogP contribution in [0.4, 0.5) is 0 Å². The zero-order valence-electron chi connectivity index (χ0n) is 25.2. The first-order chi connectivity index (χ1) is 18.1. The van der Waals surface area contributed by atoms with E-state index in [1.807, 2.05) is 6.79 Å². The Kier molecular flexibility index (Phi) is 31.1. The lowest BCUT2D eigenvalue weighted by atomic mass is 9.85. The molecule has 0 atom stereocenters. The van der Waals surface area contributed by atoms with Crippen LogP contribution in [0.2, 0.25) is 0 Å². The zero-order valence-corrected chi connectivity index (χ0v) is 25.2. The van der Waals surface area contributed by atoms with Crippen LogP contribution in [0.25, 0.3) is 0 Å². The Labute approximate surface area is 235 Å². The van der Waals surface area contributed by atoms with Gasteiger partial charge in [-0.3, -0.25) is 47.9 Å². The molecular formula is C28H44O12. The van der Waals surface area contributed by atoms with Gasteiger partial charge in [-0.25, -0.2) is 0 Å². The number of aliphatic hydroxyl groups excluding tert-OH is 1. The summed E-state index contributed by atoms with van der Waals surface area (Å²) < 4.78 is 0. The van der Waals surface area contributed by atoms with Crippen molar-refractivity contribution in [1.82, 2.24) is 0 Å². The molecule has 0 bridgehead atoms. The minimum absolute atomic E-state index is 0.00926. The SMILES string of the molecule is C=O.CC(=O)C(CC(C(C)=O)C(C)=O)C(C)=O.CC(=O)C(CO)C(C)=O.CC(=O)CC(C)=O.CC(=O)CC(C)=O. The fraction of sp³-hybridized carbons (Fsp3) is 0.607. The topological polar surface area (TPSA) is 208 Å². The van der Waals surface area contributed by atoms with Gasteiger partial charge in [0.15, 0.2) is 0 Å². The van der Waals surface area contributed by atoms with Crippen molar-refractivity contribution in [1.29, 1.82) is 0 Å². The minimum atomic E-state index is -0.831. The fourth-order valence-electron chi connectivity index (χ4n) is 2.72. The summed E-state index contributed by atoms with van der Waals surface area (Å²) in [5.41, 5.74) is 0. The smallest absolute Gasteiger partial charge is 0.142 e. The van der Waals surface area contributed by atoms with Crippen molar-refractivity contribution < 1.29 is 57.8 Å². The van der Waals surface area contributed by atoms with Gasteiger partial charge in [-0.05, 0) is 75.7 Å². The second kappa shape index (κ2) is 26.9. The number of carbonyl (C=O) groups is 11. The van der Waals surface area contributed by atoms with Crippen LogP contribution in [0.15, 0.2) is 0 Å². The van der Waals surface area contributed by atoms with E-state index in [1.54, 1.807) is 0 Å². The summed E-state index contributed by atoms with van der Waals surface area (Å²) in [6.07, 6.45) is 0.176. The molecule has 0 saturated heterocycles. The molecule has 0 spiro atoms. The van der Waals surface area contributed by atoms with Crippen LogP contribution < -0.4 is 0 Å². The van der Waals surface area contributed by atoms with Crippen LogP contribution in [0.3, 0.4) is 0 Å². The van der Waals surface area contributed by atoms with Crippen LogP contribution >= 0.6 is 0 Å². The van der Waals surface area contributed by atoms with Crippen LogP contribution in [0.5, 0.6) is 0 Å². The summed E-state index contributed by atoms with van der Waals surface area (Å²) in [5, 5.41) is 8.43. The lowest BCUT2D eigenvalue weighted by molar-refractivity contribution is -0.136. The number of rotatable bonds is 13. The summed E-state index contributed by atoms with van der Waals surface area (Å²) in [5.74, 6) is -4.44. The molecular weight excluding hydrogens is 528 g/mol. The highest BCUT2D eigenvalue weighted by atomic mass is 16.3. The molecule has 0 unspecified atom stereocenters. The van der Waals surface area contributed by atoms with Crippen LogP contribution in [-0.2, 0) is 52.7 Å². The molecule has 12 heteroatoms. The molecule has 0 aromatic heterocycles. The molecule has 0 aromatic rings. The van der Waals surface area contributed by atoms with Gasteiger partial charge in [-0.2, -0.15) is 0 Å². The van der Waals surface area contributed by atoms with Crippen LogP contribution in [0, 0.1) is 17.8 Å². The lowest BCUT2D eigenvalue weighted by Gasteiger charge is -2.15. The van der Waals surface area contributed by atoms with E-state index >= 15 is 0 Å². The van der Waals surface area contributed by atoms with Gasteiger partial charge >= 0.3 is 0 Å². The highest BCUT2D eigenvalue weighted by Gasteiger charge is 2.29. The molecule has 0 radical (unpaired) electrons.